The number of aromatic nitrogens is 1. The molecule has 1 aromatic carbocycles. The van der Waals surface area contributed by atoms with Gasteiger partial charge in [-0.05, 0) is 43.0 Å². The maximum absolute atomic E-state index is 12.1. The molecule has 2 N–H and O–H groups in total. The molecule has 2 aromatic rings. The van der Waals surface area contributed by atoms with Crippen LogP contribution in [0.5, 0.6) is 11.5 Å². The highest BCUT2D eigenvalue weighted by Gasteiger charge is 2.15. The predicted octanol–water partition coefficient (Wildman–Crippen LogP) is 2.99. The first kappa shape index (κ1) is 13.9. The number of nitrogens with zero attached hydrogens (tertiary/aromatic N) is 1. The first-order valence-corrected chi connectivity index (χ1v) is 7.73. The fourth-order valence-corrected chi connectivity index (χ4v) is 2.91. The monoisotopic (exact) mass is 311 g/mol. The minimum atomic E-state index is -0.304. The van der Waals surface area contributed by atoms with Gasteiger partial charge in [0, 0.05) is 17.4 Å². The number of urea groups is 1. The van der Waals surface area contributed by atoms with Crippen molar-refractivity contribution in [1.29, 1.82) is 0 Å². The molecule has 6 nitrogen and oxygen atoms in total. The fraction of sp³-hybridized carbons (Fsp3) is 0.294. The van der Waals surface area contributed by atoms with Gasteiger partial charge in [-0.2, -0.15) is 0 Å². The number of nitrogens with one attached hydrogen (secondary N) is 2. The second-order valence-corrected chi connectivity index (χ2v) is 5.62. The van der Waals surface area contributed by atoms with Gasteiger partial charge in [-0.25, -0.2) is 4.79 Å². The summed E-state index contributed by atoms with van der Waals surface area (Å²) in [6, 6.07) is 7.03. The van der Waals surface area contributed by atoms with Crippen molar-refractivity contribution in [2.24, 2.45) is 0 Å². The van der Waals surface area contributed by atoms with Gasteiger partial charge in [-0.1, -0.05) is 0 Å². The van der Waals surface area contributed by atoms with Crippen molar-refractivity contribution in [3.63, 3.8) is 0 Å². The first-order chi connectivity index (χ1) is 11.3. The summed E-state index contributed by atoms with van der Waals surface area (Å²) in [5, 5.41) is 5.61. The Morgan fingerprint density at radius 1 is 1.00 bits per heavy atom. The lowest BCUT2D eigenvalue weighted by molar-refractivity contribution is 0.171. The van der Waals surface area contributed by atoms with E-state index in [2.05, 4.69) is 15.6 Å². The zero-order valence-corrected chi connectivity index (χ0v) is 12.6. The normalized spacial score (nSPS) is 15.0. The van der Waals surface area contributed by atoms with Crippen LogP contribution in [0.25, 0.3) is 0 Å². The topological polar surface area (TPSA) is 72.5 Å². The Morgan fingerprint density at radius 2 is 1.83 bits per heavy atom. The van der Waals surface area contributed by atoms with Gasteiger partial charge in [0.05, 0.1) is 11.9 Å². The number of anilines is 2. The van der Waals surface area contributed by atoms with E-state index in [1.54, 1.807) is 24.4 Å². The number of benzene rings is 1. The van der Waals surface area contributed by atoms with Crippen molar-refractivity contribution in [2.45, 2.75) is 19.3 Å². The highest BCUT2D eigenvalue weighted by Crippen LogP contribution is 2.32. The van der Waals surface area contributed by atoms with E-state index in [-0.39, 0.29) is 6.03 Å². The van der Waals surface area contributed by atoms with Crippen molar-refractivity contribution in [3.05, 3.63) is 41.7 Å². The number of fused-ring (bicyclic) bond motifs is 2. The molecule has 0 saturated carbocycles. The van der Waals surface area contributed by atoms with E-state index in [4.69, 9.17) is 9.47 Å². The molecule has 0 spiro atoms. The molecule has 0 bridgehead atoms. The Kier molecular flexibility index (Phi) is 3.49. The van der Waals surface area contributed by atoms with Crippen molar-refractivity contribution in [1.82, 2.24) is 4.98 Å². The average molecular weight is 311 g/mol. The quantitative estimate of drug-likeness (QED) is 0.894. The van der Waals surface area contributed by atoms with E-state index in [0.717, 1.165) is 25.0 Å². The highest BCUT2D eigenvalue weighted by molar-refractivity contribution is 5.99. The molecule has 0 atom stereocenters. The van der Waals surface area contributed by atoms with Crippen LogP contribution in [-0.2, 0) is 12.8 Å². The summed E-state index contributed by atoms with van der Waals surface area (Å²) < 4.78 is 11.0. The zero-order valence-electron chi connectivity index (χ0n) is 12.6. The maximum atomic E-state index is 12.1. The van der Waals surface area contributed by atoms with Crippen molar-refractivity contribution >= 4 is 17.4 Å². The lowest BCUT2D eigenvalue weighted by Gasteiger charge is -2.19. The van der Waals surface area contributed by atoms with Crippen LogP contribution in [0.15, 0.2) is 30.5 Å². The summed E-state index contributed by atoms with van der Waals surface area (Å²) >= 11 is 0. The van der Waals surface area contributed by atoms with E-state index >= 15 is 0 Å². The van der Waals surface area contributed by atoms with E-state index in [1.807, 2.05) is 6.07 Å². The number of aryl methyl sites for hydroxylation is 2. The van der Waals surface area contributed by atoms with Crippen molar-refractivity contribution in [3.8, 4) is 11.5 Å². The maximum Gasteiger partial charge on any atom is 0.323 e. The molecule has 6 heteroatoms. The molecule has 0 unspecified atom stereocenters. The molecule has 0 radical (unpaired) electrons. The van der Waals surface area contributed by atoms with Gasteiger partial charge in [0.25, 0.3) is 0 Å². The Balaban J connectivity index is 1.44. The average Bonchev–Trinajstić information content (AvgIpc) is 3.02. The smallest absolute Gasteiger partial charge is 0.323 e. The van der Waals surface area contributed by atoms with Gasteiger partial charge in [0.2, 0.25) is 0 Å². The van der Waals surface area contributed by atoms with Gasteiger partial charge in [-0.3, -0.25) is 4.98 Å². The number of hydrogen-bond acceptors (Lipinski definition) is 4. The Labute approximate surface area is 133 Å². The molecule has 4 rings (SSSR count). The lowest BCUT2D eigenvalue weighted by Crippen LogP contribution is -2.20. The zero-order chi connectivity index (χ0) is 15.6. The summed E-state index contributed by atoms with van der Waals surface area (Å²) in [5.74, 6) is 1.35. The van der Waals surface area contributed by atoms with E-state index in [9.17, 15) is 4.79 Å². The molecule has 1 aliphatic carbocycles. The molecule has 118 valence electrons. The second kappa shape index (κ2) is 5.79. The van der Waals surface area contributed by atoms with Gasteiger partial charge in [0.15, 0.2) is 11.5 Å². The summed E-state index contributed by atoms with van der Waals surface area (Å²) in [6.45, 7) is 1.06. The van der Waals surface area contributed by atoms with Crippen LogP contribution in [0.3, 0.4) is 0 Å². The Bertz CT molecular complexity index is 761. The first-order valence-electron chi connectivity index (χ1n) is 7.73. The van der Waals surface area contributed by atoms with Gasteiger partial charge >= 0.3 is 6.03 Å². The van der Waals surface area contributed by atoms with Crippen LogP contribution < -0.4 is 20.1 Å². The number of pyridine rings is 1. The molecular weight excluding hydrogens is 294 g/mol. The molecule has 1 aliphatic heterocycles. The number of carbonyl (C=O) groups is 1. The minimum absolute atomic E-state index is 0.304. The van der Waals surface area contributed by atoms with Crippen LogP contribution in [0.1, 0.15) is 17.7 Å². The standard InChI is InChI=1S/C17H17N3O3/c21-17(20-13-8-11-2-1-3-14(11)18-10-13)19-12-4-5-15-16(9-12)23-7-6-22-15/h4-5,8-10H,1-3,6-7H2,(H2,19,20,21). The van der Waals surface area contributed by atoms with E-state index in [1.165, 1.54) is 5.56 Å². The van der Waals surface area contributed by atoms with Gasteiger partial charge in [-0.15, -0.1) is 0 Å². The molecule has 23 heavy (non-hydrogen) atoms. The summed E-state index contributed by atoms with van der Waals surface area (Å²) in [5.41, 5.74) is 3.73. The minimum Gasteiger partial charge on any atom is -0.486 e. The molecule has 2 aliphatic rings. The third-order valence-electron chi connectivity index (χ3n) is 3.98. The molecular formula is C17H17N3O3. The van der Waals surface area contributed by atoms with Crippen molar-refractivity contribution in [2.75, 3.05) is 23.8 Å². The Hall–Kier alpha value is -2.76. The third-order valence-corrected chi connectivity index (χ3v) is 3.98. The molecule has 1 aromatic heterocycles. The predicted molar refractivity (Wildman–Crippen MR) is 86.3 cm³/mol. The number of hydrogen-bond donors (Lipinski definition) is 2. The van der Waals surface area contributed by atoms with Crippen LogP contribution in [0, 0.1) is 0 Å². The summed E-state index contributed by atoms with van der Waals surface area (Å²) in [6.07, 6.45) is 4.89. The number of ether oxygens (including phenoxy) is 2. The number of amides is 2. The molecule has 2 heterocycles. The molecule has 0 saturated heterocycles. The van der Waals surface area contributed by atoms with Crippen molar-refractivity contribution < 1.29 is 14.3 Å². The van der Waals surface area contributed by atoms with Crippen LogP contribution in [-0.4, -0.2) is 24.2 Å². The molecule has 2 amide bonds. The third kappa shape index (κ3) is 2.92. The van der Waals surface area contributed by atoms with Gasteiger partial charge < -0.3 is 20.1 Å². The highest BCUT2D eigenvalue weighted by atomic mass is 16.6. The Morgan fingerprint density at radius 3 is 2.74 bits per heavy atom. The fourth-order valence-electron chi connectivity index (χ4n) is 2.91. The largest absolute Gasteiger partial charge is 0.486 e. The van der Waals surface area contributed by atoms with Crippen LogP contribution in [0.4, 0.5) is 16.2 Å². The second-order valence-electron chi connectivity index (χ2n) is 5.62. The summed E-state index contributed by atoms with van der Waals surface area (Å²) in [4.78, 5) is 16.5. The molecule has 0 fully saturated rings. The van der Waals surface area contributed by atoms with Crippen LogP contribution in [0.2, 0.25) is 0 Å². The number of carbonyl (C=O) groups excluding carboxylic acids is 1. The lowest BCUT2D eigenvalue weighted by atomic mass is 10.2. The van der Waals surface area contributed by atoms with E-state index < -0.39 is 0 Å². The SMILES string of the molecule is O=C(Nc1cnc2c(c1)CCC2)Nc1ccc2c(c1)OCCO2. The number of rotatable bonds is 2. The van der Waals surface area contributed by atoms with Crippen LogP contribution >= 0.6 is 0 Å². The van der Waals surface area contributed by atoms with E-state index in [0.29, 0.717) is 36.1 Å². The van der Waals surface area contributed by atoms with Gasteiger partial charge in [0.1, 0.15) is 13.2 Å². The summed E-state index contributed by atoms with van der Waals surface area (Å²) in [7, 11) is 0.